The van der Waals surface area contributed by atoms with Crippen LogP contribution < -0.4 is 5.73 Å². The van der Waals surface area contributed by atoms with Crippen molar-refractivity contribution in [1.29, 1.82) is 0 Å². The number of rotatable bonds is 3. The highest BCUT2D eigenvalue weighted by Crippen LogP contribution is 2.24. The monoisotopic (exact) mass is 260 g/mol. The molecule has 1 fully saturated rings. The van der Waals surface area contributed by atoms with Crippen LogP contribution in [0.3, 0.4) is 0 Å². The fourth-order valence-electron chi connectivity index (χ4n) is 2.90. The van der Waals surface area contributed by atoms with Gasteiger partial charge in [0.1, 0.15) is 12.1 Å². The van der Waals surface area contributed by atoms with Crippen molar-refractivity contribution in [3.63, 3.8) is 0 Å². The number of hydrogen-bond acceptors (Lipinski definition) is 5. The molecule has 102 valence electrons. The van der Waals surface area contributed by atoms with E-state index in [4.69, 9.17) is 5.73 Å². The molecule has 0 spiro atoms. The molecule has 19 heavy (non-hydrogen) atoms. The van der Waals surface area contributed by atoms with Crippen molar-refractivity contribution in [1.82, 2.24) is 24.6 Å². The number of likely N-dealkylation sites (tertiary alicyclic amines) is 1. The highest BCUT2D eigenvalue weighted by Gasteiger charge is 2.22. The predicted molar refractivity (Wildman–Crippen MR) is 74.7 cm³/mol. The van der Waals surface area contributed by atoms with Gasteiger partial charge in [0, 0.05) is 13.1 Å². The summed E-state index contributed by atoms with van der Waals surface area (Å²) < 4.78 is 2.01. The van der Waals surface area contributed by atoms with E-state index in [2.05, 4.69) is 33.9 Å². The van der Waals surface area contributed by atoms with E-state index < -0.39 is 0 Å². The molecule has 1 aliphatic heterocycles. The molecule has 0 radical (unpaired) electrons. The van der Waals surface area contributed by atoms with Gasteiger partial charge in [-0.1, -0.05) is 6.92 Å². The minimum atomic E-state index is 0.539. The smallest absolute Gasteiger partial charge is 0.163 e. The molecule has 0 aromatic carbocycles. The first kappa shape index (κ1) is 12.3. The maximum Gasteiger partial charge on any atom is 0.163 e. The summed E-state index contributed by atoms with van der Waals surface area (Å²) in [6, 6.07) is 0. The predicted octanol–water partition coefficient (Wildman–Crippen LogP) is 0.923. The average Bonchev–Trinajstić information content (AvgIpc) is 2.95. The number of fused-ring (bicyclic) bond motifs is 1. The topological polar surface area (TPSA) is 72.9 Å². The lowest BCUT2D eigenvalue weighted by Crippen LogP contribution is -2.17. The lowest BCUT2D eigenvalue weighted by atomic mass is 10.1. The van der Waals surface area contributed by atoms with E-state index in [0.717, 1.165) is 36.2 Å². The molecule has 1 aliphatic rings. The van der Waals surface area contributed by atoms with Crippen molar-refractivity contribution in [3.8, 4) is 0 Å². The summed E-state index contributed by atoms with van der Waals surface area (Å²) in [5, 5.41) is 5.60. The molecule has 6 nitrogen and oxygen atoms in total. The molecule has 2 aromatic heterocycles. The largest absolute Gasteiger partial charge is 0.383 e. The number of nitrogens with two attached hydrogens (primary N) is 1. The minimum absolute atomic E-state index is 0.539. The van der Waals surface area contributed by atoms with Gasteiger partial charge in [0.25, 0.3) is 0 Å². The first-order valence-electron chi connectivity index (χ1n) is 6.83. The van der Waals surface area contributed by atoms with E-state index in [1.54, 1.807) is 0 Å². The minimum Gasteiger partial charge on any atom is -0.383 e. The van der Waals surface area contributed by atoms with E-state index in [-0.39, 0.29) is 0 Å². The second-order valence-corrected chi connectivity index (χ2v) is 5.36. The summed E-state index contributed by atoms with van der Waals surface area (Å²) in [7, 11) is 2.17. The second-order valence-electron chi connectivity index (χ2n) is 5.36. The van der Waals surface area contributed by atoms with Crippen LogP contribution in [-0.2, 0) is 13.0 Å². The Labute approximate surface area is 112 Å². The van der Waals surface area contributed by atoms with Crippen LogP contribution in [0.2, 0.25) is 0 Å². The van der Waals surface area contributed by atoms with E-state index in [9.17, 15) is 0 Å². The zero-order valence-corrected chi connectivity index (χ0v) is 11.5. The molecule has 0 amide bonds. The van der Waals surface area contributed by atoms with Gasteiger partial charge in [0.05, 0.1) is 11.1 Å². The molecule has 2 N–H and O–H groups in total. The number of aryl methyl sites for hydroxylation is 1. The van der Waals surface area contributed by atoms with Crippen LogP contribution in [0.25, 0.3) is 11.0 Å². The van der Waals surface area contributed by atoms with Gasteiger partial charge in [0.2, 0.25) is 0 Å². The summed E-state index contributed by atoms with van der Waals surface area (Å²) in [6.07, 6.45) is 3.60. The molecule has 2 aromatic rings. The van der Waals surface area contributed by atoms with Crippen molar-refractivity contribution in [2.24, 2.45) is 5.92 Å². The fourth-order valence-corrected chi connectivity index (χ4v) is 2.90. The summed E-state index contributed by atoms with van der Waals surface area (Å²) in [6.45, 7) is 5.30. The Kier molecular flexibility index (Phi) is 3.10. The Morgan fingerprint density at radius 1 is 1.42 bits per heavy atom. The van der Waals surface area contributed by atoms with E-state index in [1.807, 2.05) is 4.68 Å². The quantitative estimate of drug-likeness (QED) is 0.888. The summed E-state index contributed by atoms with van der Waals surface area (Å²) in [5.41, 5.74) is 7.84. The van der Waals surface area contributed by atoms with Crippen LogP contribution in [0.4, 0.5) is 5.82 Å². The van der Waals surface area contributed by atoms with Crippen LogP contribution >= 0.6 is 0 Å². The maximum absolute atomic E-state index is 5.96. The van der Waals surface area contributed by atoms with Crippen LogP contribution in [0.5, 0.6) is 0 Å². The normalized spacial score (nSPS) is 20.4. The number of nitrogens with zero attached hydrogens (tertiary/aromatic N) is 5. The standard InChI is InChI=1S/C13H20N6/c1-3-10-11-12(14)15-8-16-13(11)19(17-10)7-9-4-5-18(2)6-9/h8-9H,3-7H2,1-2H3,(H2,14,15,16). The molecule has 3 rings (SSSR count). The first-order chi connectivity index (χ1) is 9.19. The lowest BCUT2D eigenvalue weighted by Gasteiger charge is -2.10. The zero-order valence-electron chi connectivity index (χ0n) is 11.5. The van der Waals surface area contributed by atoms with Gasteiger partial charge in [0.15, 0.2) is 5.65 Å². The molecule has 6 heteroatoms. The second kappa shape index (κ2) is 4.77. The van der Waals surface area contributed by atoms with Crippen LogP contribution in [0.1, 0.15) is 19.0 Å². The van der Waals surface area contributed by atoms with Gasteiger partial charge in [-0.2, -0.15) is 5.10 Å². The van der Waals surface area contributed by atoms with Gasteiger partial charge in [-0.25, -0.2) is 14.6 Å². The Balaban J connectivity index is 1.97. The van der Waals surface area contributed by atoms with Gasteiger partial charge in [-0.15, -0.1) is 0 Å². The van der Waals surface area contributed by atoms with Gasteiger partial charge >= 0.3 is 0 Å². The van der Waals surface area contributed by atoms with Gasteiger partial charge < -0.3 is 10.6 Å². The Bertz CT molecular complexity index is 590. The maximum atomic E-state index is 5.96. The SMILES string of the molecule is CCc1nn(CC2CCN(C)C2)c2ncnc(N)c12. The van der Waals surface area contributed by atoms with Crippen molar-refractivity contribution >= 4 is 16.9 Å². The van der Waals surface area contributed by atoms with Gasteiger partial charge in [-0.05, 0) is 32.4 Å². The Hall–Kier alpha value is -1.69. The van der Waals surface area contributed by atoms with Crippen LogP contribution in [-0.4, -0.2) is 44.8 Å². The van der Waals surface area contributed by atoms with Crippen LogP contribution in [0, 0.1) is 5.92 Å². The van der Waals surface area contributed by atoms with E-state index in [0.29, 0.717) is 11.7 Å². The summed E-state index contributed by atoms with van der Waals surface area (Å²) in [4.78, 5) is 10.8. The molecule has 0 saturated carbocycles. The molecule has 0 aliphatic carbocycles. The fraction of sp³-hybridized carbons (Fsp3) is 0.615. The molecule has 1 unspecified atom stereocenters. The van der Waals surface area contributed by atoms with Gasteiger partial charge in [-0.3, -0.25) is 0 Å². The number of hydrogen-bond donors (Lipinski definition) is 1. The number of anilines is 1. The molecule has 0 bridgehead atoms. The van der Waals surface area contributed by atoms with E-state index in [1.165, 1.54) is 19.3 Å². The van der Waals surface area contributed by atoms with E-state index >= 15 is 0 Å². The Morgan fingerprint density at radius 2 is 2.26 bits per heavy atom. The average molecular weight is 260 g/mol. The molecular formula is C13H20N6. The van der Waals surface area contributed by atoms with Crippen LogP contribution in [0.15, 0.2) is 6.33 Å². The zero-order chi connectivity index (χ0) is 13.4. The summed E-state index contributed by atoms with van der Waals surface area (Å²) in [5.74, 6) is 1.19. The highest BCUT2D eigenvalue weighted by atomic mass is 15.3. The third kappa shape index (κ3) is 2.16. The molecule has 1 atom stereocenters. The van der Waals surface area contributed by atoms with Crippen molar-refractivity contribution in [2.45, 2.75) is 26.3 Å². The lowest BCUT2D eigenvalue weighted by molar-refractivity contribution is 0.372. The third-order valence-corrected chi connectivity index (χ3v) is 3.89. The highest BCUT2D eigenvalue weighted by molar-refractivity contribution is 5.88. The van der Waals surface area contributed by atoms with Crippen molar-refractivity contribution < 1.29 is 0 Å². The molecule has 1 saturated heterocycles. The third-order valence-electron chi connectivity index (χ3n) is 3.89. The Morgan fingerprint density at radius 3 is 2.95 bits per heavy atom. The number of nitrogen functional groups attached to an aromatic ring is 1. The molecular weight excluding hydrogens is 240 g/mol. The number of aromatic nitrogens is 4. The molecule has 3 heterocycles. The summed E-state index contributed by atoms with van der Waals surface area (Å²) >= 11 is 0. The first-order valence-corrected chi connectivity index (χ1v) is 6.83. The van der Waals surface area contributed by atoms with Crippen molar-refractivity contribution in [2.75, 3.05) is 25.9 Å². The van der Waals surface area contributed by atoms with Crippen molar-refractivity contribution in [3.05, 3.63) is 12.0 Å².